The van der Waals surface area contributed by atoms with Crippen LogP contribution in [-0.2, 0) is 19.1 Å². The van der Waals surface area contributed by atoms with Gasteiger partial charge in [0.25, 0.3) is 0 Å². The fraction of sp³-hybridized carbons (Fsp3) is 0.375. The van der Waals surface area contributed by atoms with Gasteiger partial charge in [-0.1, -0.05) is 50.2 Å². The van der Waals surface area contributed by atoms with Gasteiger partial charge in [0.15, 0.2) is 0 Å². The molecule has 30 heavy (non-hydrogen) atoms. The second-order valence-corrected chi connectivity index (χ2v) is 7.75. The summed E-state index contributed by atoms with van der Waals surface area (Å²) < 4.78 is 5.01. The van der Waals surface area contributed by atoms with E-state index in [1.165, 1.54) is 4.90 Å². The van der Waals surface area contributed by atoms with Gasteiger partial charge in [-0.05, 0) is 44.0 Å². The number of esters is 1. The van der Waals surface area contributed by atoms with E-state index >= 15 is 0 Å². The van der Waals surface area contributed by atoms with E-state index in [9.17, 15) is 14.4 Å². The summed E-state index contributed by atoms with van der Waals surface area (Å²) in [7, 11) is 0. The maximum Gasteiger partial charge on any atom is 0.397 e. The van der Waals surface area contributed by atoms with Gasteiger partial charge in [0, 0.05) is 23.3 Å². The van der Waals surface area contributed by atoms with E-state index in [1.807, 2.05) is 68.1 Å². The number of benzene rings is 2. The first kappa shape index (κ1) is 21.6. The van der Waals surface area contributed by atoms with Crippen molar-refractivity contribution in [2.75, 3.05) is 16.4 Å². The molecule has 0 saturated heterocycles. The van der Waals surface area contributed by atoms with E-state index in [0.717, 1.165) is 11.3 Å². The smallest absolute Gasteiger partial charge is 0.397 e. The Morgan fingerprint density at radius 1 is 1.07 bits per heavy atom. The van der Waals surface area contributed by atoms with Crippen molar-refractivity contribution in [3.63, 3.8) is 0 Å². The standard InChI is InChI=1S/C24H28N2O4/c1-5-30-24(29)23(28)26(18-11-7-6-8-12-18)21-15-17(4)25(22(27)16(2)3)20-14-10-9-13-19(20)21/h6-14,16-17,21H,5,15H2,1-4H3/t17-,21+/m1/s1. The maximum atomic E-state index is 13.1. The molecule has 6 nitrogen and oxygen atoms in total. The molecule has 0 aromatic heterocycles. The van der Waals surface area contributed by atoms with Gasteiger partial charge in [0.05, 0.1) is 12.6 Å². The molecule has 0 saturated carbocycles. The van der Waals surface area contributed by atoms with Crippen molar-refractivity contribution in [3.05, 3.63) is 60.2 Å². The minimum absolute atomic E-state index is 0.0383. The molecule has 2 aromatic carbocycles. The largest absolute Gasteiger partial charge is 0.459 e. The molecule has 0 radical (unpaired) electrons. The number of ether oxygens (including phenoxy) is 1. The summed E-state index contributed by atoms with van der Waals surface area (Å²) in [5, 5.41) is 0. The van der Waals surface area contributed by atoms with Crippen LogP contribution in [0.2, 0.25) is 0 Å². The van der Waals surface area contributed by atoms with Crippen molar-refractivity contribution in [1.29, 1.82) is 0 Å². The first-order valence-corrected chi connectivity index (χ1v) is 10.3. The Bertz CT molecular complexity index is 926. The highest BCUT2D eigenvalue weighted by atomic mass is 16.5. The van der Waals surface area contributed by atoms with Crippen LogP contribution in [0.3, 0.4) is 0 Å². The second kappa shape index (κ2) is 9.11. The number of rotatable bonds is 4. The van der Waals surface area contributed by atoms with Gasteiger partial charge in [-0.15, -0.1) is 0 Å². The molecule has 0 aliphatic carbocycles. The third-order valence-electron chi connectivity index (χ3n) is 5.31. The van der Waals surface area contributed by atoms with Crippen LogP contribution in [0.4, 0.5) is 11.4 Å². The predicted molar refractivity (Wildman–Crippen MR) is 116 cm³/mol. The highest BCUT2D eigenvalue weighted by Crippen LogP contribution is 2.42. The number of anilines is 2. The predicted octanol–water partition coefficient (Wildman–Crippen LogP) is 4.11. The van der Waals surface area contributed by atoms with E-state index in [2.05, 4.69) is 0 Å². The van der Waals surface area contributed by atoms with Crippen molar-refractivity contribution < 1.29 is 19.1 Å². The van der Waals surface area contributed by atoms with Crippen LogP contribution in [0, 0.1) is 5.92 Å². The molecule has 0 bridgehead atoms. The van der Waals surface area contributed by atoms with Crippen LogP contribution < -0.4 is 9.80 Å². The minimum Gasteiger partial charge on any atom is -0.459 e. The third kappa shape index (κ3) is 4.08. The number of para-hydroxylation sites is 2. The number of amides is 2. The van der Waals surface area contributed by atoms with Crippen LogP contribution in [0.5, 0.6) is 0 Å². The van der Waals surface area contributed by atoms with Crippen LogP contribution in [0.25, 0.3) is 0 Å². The molecule has 0 fully saturated rings. The molecule has 0 spiro atoms. The molecule has 6 heteroatoms. The molecule has 158 valence electrons. The third-order valence-corrected chi connectivity index (χ3v) is 5.31. The highest BCUT2D eigenvalue weighted by Gasteiger charge is 2.40. The first-order valence-electron chi connectivity index (χ1n) is 10.3. The summed E-state index contributed by atoms with van der Waals surface area (Å²) in [6, 6.07) is 16.2. The molecule has 0 unspecified atom stereocenters. The van der Waals surface area contributed by atoms with Gasteiger partial charge in [-0.3, -0.25) is 14.5 Å². The Hall–Kier alpha value is -3.15. The van der Waals surface area contributed by atoms with Gasteiger partial charge in [-0.25, -0.2) is 4.79 Å². The van der Waals surface area contributed by atoms with Crippen molar-refractivity contribution in [2.45, 2.75) is 46.2 Å². The molecule has 1 aliphatic heterocycles. The van der Waals surface area contributed by atoms with Crippen molar-refractivity contribution in [1.82, 2.24) is 0 Å². The van der Waals surface area contributed by atoms with E-state index in [-0.39, 0.29) is 24.5 Å². The Morgan fingerprint density at radius 3 is 2.33 bits per heavy atom. The Morgan fingerprint density at radius 2 is 1.70 bits per heavy atom. The topological polar surface area (TPSA) is 66.9 Å². The number of hydrogen-bond acceptors (Lipinski definition) is 4. The Kier molecular flexibility index (Phi) is 6.55. The Labute approximate surface area is 177 Å². The highest BCUT2D eigenvalue weighted by molar-refractivity contribution is 6.38. The number of carbonyl (C=O) groups is 3. The zero-order valence-corrected chi connectivity index (χ0v) is 17.9. The summed E-state index contributed by atoms with van der Waals surface area (Å²) in [6.07, 6.45) is 0.509. The number of hydrogen-bond donors (Lipinski definition) is 0. The molecule has 3 rings (SSSR count). The van der Waals surface area contributed by atoms with Crippen LogP contribution in [0.1, 0.15) is 45.7 Å². The SMILES string of the molecule is CCOC(=O)C(=O)N(c1ccccc1)[C@H]1C[C@@H](C)N(C(=O)C(C)C)c2ccccc21. The summed E-state index contributed by atoms with van der Waals surface area (Å²) in [5.74, 6) is -1.70. The van der Waals surface area contributed by atoms with Crippen molar-refractivity contribution in [2.24, 2.45) is 5.92 Å². The van der Waals surface area contributed by atoms with Gasteiger partial charge < -0.3 is 9.64 Å². The lowest BCUT2D eigenvalue weighted by molar-refractivity contribution is -0.153. The molecule has 1 aliphatic rings. The lowest BCUT2D eigenvalue weighted by atomic mass is 9.89. The normalized spacial score (nSPS) is 18.0. The number of nitrogens with zero attached hydrogens (tertiary/aromatic N) is 2. The van der Waals surface area contributed by atoms with Crippen molar-refractivity contribution >= 4 is 29.2 Å². The van der Waals surface area contributed by atoms with Gasteiger partial charge in [0.2, 0.25) is 5.91 Å². The average molecular weight is 408 g/mol. The molecule has 0 N–H and O–H groups in total. The van der Waals surface area contributed by atoms with Gasteiger partial charge >= 0.3 is 11.9 Å². The summed E-state index contributed by atoms with van der Waals surface area (Å²) in [6.45, 7) is 7.53. The van der Waals surface area contributed by atoms with Crippen LogP contribution in [0.15, 0.2) is 54.6 Å². The van der Waals surface area contributed by atoms with Crippen molar-refractivity contribution in [3.8, 4) is 0 Å². The average Bonchev–Trinajstić information content (AvgIpc) is 2.74. The lowest BCUT2D eigenvalue weighted by Gasteiger charge is -2.43. The summed E-state index contributed by atoms with van der Waals surface area (Å²) >= 11 is 0. The molecule has 1 heterocycles. The summed E-state index contributed by atoms with van der Waals surface area (Å²) in [5.41, 5.74) is 2.23. The van der Waals surface area contributed by atoms with E-state index in [1.54, 1.807) is 19.1 Å². The summed E-state index contributed by atoms with van der Waals surface area (Å²) in [4.78, 5) is 41.8. The second-order valence-electron chi connectivity index (χ2n) is 7.75. The van der Waals surface area contributed by atoms with E-state index < -0.39 is 17.9 Å². The fourth-order valence-electron chi connectivity index (χ4n) is 3.96. The van der Waals surface area contributed by atoms with Crippen LogP contribution in [-0.4, -0.2) is 30.4 Å². The molecule has 2 amide bonds. The minimum atomic E-state index is -0.882. The quantitative estimate of drug-likeness (QED) is 0.564. The first-order chi connectivity index (χ1) is 14.4. The zero-order chi connectivity index (χ0) is 21.8. The molecular weight excluding hydrogens is 380 g/mol. The van der Waals surface area contributed by atoms with Gasteiger partial charge in [0.1, 0.15) is 0 Å². The van der Waals surface area contributed by atoms with E-state index in [4.69, 9.17) is 4.74 Å². The monoisotopic (exact) mass is 408 g/mol. The van der Waals surface area contributed by atoms with Crippen LogP contribution >= 0.6 is 0 Å². The molecule has 2 atom stereocenters. The molecule has 2 aromatic rings. The number of fused-ring (bicyclic) bond motifs is 1. The zero-order valence-electron chi connectivity index (χ0n) is 17.9. The van der Waals surface area contributed by atoms with E-state index in [0.29, 0.717) is 12.1 Å². The fourth-order valence-corrected chi connectivity index (χ4v) is 3.96. The Balaban J connectivity index is 2.11. The lowest BCUT2D eigenvalue weighted by Crippen LogP contribution is -2.50. The molecular formula is C24H28N2O4. The maximum absolute atomic E-state index is 13.1. The number of carbonyl (C=O) groups excluding carboxylic acids is 3. The van der Waals surface area contributed by atoms with Gasteiger partial charge in [-0.2, -0.15) is 0 Å².